The van der Waals surface area contributed by atoms with Gasteiger partial charge in [0, 0.05) is 13.1 Å². The number of nitrogens with one attached hydrogen (secondary N) is 1. The summed E-state index contributed by atoms with van der Waals surface area (Å²) in [4.78, 5) is 24.2. The lowest BCUT2D eigenvalue weighted by Gasteiger charge is -2.31. The van der Waals surface area contributed by atoms with Crippen LogP contribution in [0.3, 0.4) is 0 Å². The number of hydrogen-bond donors (Lipinski definition) is 1. The smallest absolute Gasteiger partial charge is 0.239 e. The van der Waals surface area contributed by atoms with Crippen LogP contribution in [0.1, 0.15) is 13.8 Å². The highest BCUT2D eigenvalue weighted by Crippen LogP contribution is 2.19. The summed E-state index contributed by atoms with van der Waals surface area (Å²) in [6.07, 6.45) is 0. The first kappa shape index (κ1) is 10.5. The van der Waals surface area contributed by atoms with E-state index in [1.165, 1.54) is 0 Å². The van der Waals surface area contributed by atoms with Crippen LogP contribution in [-0.2, 0) is 9.59 Å². The molecule has 0 radical (unpaired) electrons. The first-order chi connectivity index (χ1) is 5.91. The molecule has 1 rings (SSSR count). The molecule has 4 nitrogen and oxygen atoms in total. The highest BCUT2D eigenvalue weighted by molar-refractivity contribution is 9.10. The van der Waals surface area contributed by atoms with E-state index in [-0.39, 0.29) is 18.4 Å². The summed E-state index contributed by atoms with van der Waals surface area (Å²) < 4.78 is -0.579. The standard InChI is InChI=1S/C8H13BrN2O2/c1-8(2,9)7(13)11-4-3-10-6(12)5-11/h3-5H2,1-2H3,(H,10,12). The first-order valence-corrected chi connectivity index (χ1v) is 4.95. The molecule has 1 heterocycles. The van der Waals surface area contributed by atoms with E-state index < -0.39 is 4.32 Å². The molecular weight excluding hydrogens is 236 g/mol. The summed E-state index contributed by atoms with van der Waals surface area (Å²) in [5, 5.41) is 2.67. The van der Waals surface area contributed by atoms with Gasteiger partial charge in [0.1, 0.15) is 0 Å². The maximum atomic E-state index is 11.7. The molecule has 13 heavy (non-hydrogen) atoms. The summed E-state index contributed by atoms with van der Waals surface area (Å²) in [6.45, 7) is 4.88. The van der Waals surface area contributed by atoms with E-state index in [2.05, 4.69) is 21.2 Å². The number of amides is 2. The molecule has 0 unspecified atom stereocenters. The van der Waals surface area contributed by atoms with Crippen LogP contribution in [0.2, 0.25) is 0 Å². The molecule has 74 valence electrons. The number of alkyl halides is 1. The minimum atomic E-state index is -0.579. The van der Waals surface area contributed by atoms with Crippen LogP contribution in [0.25, 0.3) is 0 Å². The van der Waals surface area contributed by atoms with Crippen molar-refractivity contribution in [3.63, 3.8) is 0 Å². The van der Waals surface area contributed by atoms with Gasteiger partial charge >= 0.3 is 0 Å². The van der Waals surface area contributed by atoms with Crippen LogP contribution in [0, 0.1) is 0 Å². The Kier molecular flexibility index (Phi) is 2.95. The van der Waals surface area contributed by atoms with Gasteiger partial charge in [-0.3, -0.25) is 9.59 Å². The van der Waals surface area contributed by atoms with Gasteiger partial charge in [-0.05, 0) is 13.8 Å². The third-order valence-corrected chi connectivity index (χ3v) is 2.17. The van der Waals surface area contributed by atoms with E-state index in [1.807, 2.05) is 0 Å². The van der Waals surface area contributed by atoms with Gasteiger partial charge in [0.05, 0.1) is 10.9 Å². The minimum Gasteiger partial charge on any atom is -0.353 e. The van der Waals surface area contributed by atoms with Gasteiger partial charge in [-0.2, -0.15) is 0 Å². The molecule has 1 N–H and O–H groups in total. The molecule has 1 aliphatic rings. The maximum absolute atomic E-state index is 11.7. The van der Waals surface area contributed by atoms with E-state index in [0.717, 1.165) is 0 Å². The maximum Gasteiger partial charge on any atom is 0.239 e. The molecule has 0 spiro atoms. The Morgan fingerprint density at radius 1 is 1.62 bits per heavy atom. The summed E-state index contributed by atoms with van der Waals surface area (Å²) in [7, 11) is 0. The molecule has 1 saturated heterocycles. The van der Waals surface area contributed by atoms with Gasteiger partial charge in [-0.25, -0.2) is 0 Å². The number of nitrogens with zero attached hydrogens (tertiary/aromatic N) is 1. The summed E-state index contributed by atoms with van der Waals surface area (Å²) in [5.41, 5.74) is 0. The van der Waals surface area contributed by atoms with Crippen molar-refractivity contribution in [3.05, 3.63) is 0 Å². The minimum absolute atomic E-state index is 0.0395. The second-order valence-electron chi connectivity index (χ2n) is 3.55. The fourth-order valence-electron chi connectivity index (χ4n) is 1.19. The van der Waals surface area contributed by atoms with Gasteiger partial charge in [-0.15, -0.1) is 0 Å². The predicted molar refractivity (Wildman–Crippen MR) is 52.6 cm³/mol. The van der Waals surface area contributed by atoms with Crippen molar-refractivity contribution in [2.24, 2.45) is 0 Å². The van der Waals surface area contributed by atoms with Gasteiger partial charge in [0.2, 0.25) is 11.8 Å². The fraction of sp³-hybridized carbons (Fsp3) is 0.750. The Balaban J connectivity index is 2.62. The van der Waals surface area contributed by atoms with E-state index in [1.54, 1.807) is 18.7 Å². The fourth-order valence-corrected chi connectivity index (χ4v) is 1.44. The molecule has 2 amide bonds. The number of rotatable bonds is 1. The van der Waals surface area contributed by atoms with E-state index >= 15 is 0 Å². The van der Waals surface area contributed by atoms with Crippen molar-refractivity contribution >= 4 is 27.7 Å². The van der Waals surface area contributed by atoms with Crippen LogP contribution in [0.4, 0.5) is 0 Å². The van der Waals surface area contributed by atoms with Crippen molar-refractivity contribution < 1.29 is 9.59 Å². The highest BCUT2D eigenvalue weighted by atomic mass is 79.9. The molecule has 0 aliphatic carbocycles. The number of carbonyl (C=O) groups excluding carboxylic acids is 2. The van der Waals surface area contributed by atoms with Crippen LogP contribution < -0.4 is 5.32 Å². The number of halogens is 1. The van der Waals surface area contributed by atoms with Crippen LogP contribution >= 0.6 is 15.9 Å². The van der Waals surface area contributed by atoms with Crippen LogP contribution in [0.15, 0.2) is 0 Å². The van der Waals surface area contributed by atoms with Gasteiger partial charge in [0.25, 0.3) is 0 Å². The Morgan fingerprint density at radius 2 is 2.23 bits per heavy atom. The SMILES string of the molecule is CC(C)(Br)C(=O)N1CCNC(=O)C1. The molecule has 0 aromatic rings. The third-order valence-electron chi connectivity index (χ3n) is 1.83. The van der Waals surface area contributed by atoms with E-state index in [4.69, 9.17) is 0 Å². The van der Waals surface area contributed by atoms with E-state index in [9.17, 15) is 9.59 Å². The largest absolute Gasteiger partial charge is 0.353 e. The Morgan fingerprint density at radius 3 is 2.69 bits per heavy atom. The molecule has 1 fully saturated rings. The molecule has 5 heteroatoms. The topological polar surface area (TPSA) is 49.4 Å². The summed E-state index contributed by atoms with van der Waals surface area (Å²) >= 11 is 3.28. The lowest BCUT2D eigenvalue weighted by molar-refractivity contribution is -0.139. The summed E-state index contributed by atoms with van der Waals surface area (Å²) in [5.74, 6) is -0.126. The Labute approximate surface area is 85.8 Å². The second-order valence-corrected chi connectivity index (χ2v) is 5.53. The zero-order valence-electron chi connectivity index (χ0n) is 7.76. The van der Waals surface area contributed by atoms with Crippen molar-refractivity contribution in [2.45, 2.75) is 18.2 Å². The van der Waals surface area contributed by atoms with Gasteiger partial charge in [0.15, 0.2) is 0 Å². The van der Waals surface area contributed by atoms with Gasteiger partial charge in [-0.1, -0.05) is 15.9 Å². The third kappa shape index (κ3) is 2.69. The Bertz CT molecular complexity index is 235. The first-order valence-electron chi connectivity index (χ1n) is 4.16. The lowest BCUT2D eigenvalue weighted by Crippen LogP contribution is -2.53. The van der Waals surface area contributed by atoms with Crippen molar-refractivity contribution in [2.75, 3.05) is 19.6 Å². The van der Waals surface area contributed by atoms with E-state index in [0.29, 0.717) is 13.1 Å². The lowest BCUT2D eigenvalue weighted by atomic mass is 10.1. The zero-order chi connectivity index (χ0) is 10.1. The second kappa shape index (κ2) is 3.65. The molecule has 0 aromatic carbocycles. The molecular formula is C8H13BrN2O2. The highest BCUT2D eigenvalue weighted by Gasteiger charge is 2.31. The molecule has 0 aromatic heterocycles. The number of carbonyl (C=O) groups is 2. The van der Waals surface area contributed by atoms with Crippen molar-refractivity contribution in [1.29, 1.82) is 0 Å². The molecule has 0 saturated carbocycles. The zero-order valence-corrected chi connectivity index (χ0v) is 9.35. The molecule has 0 atom stereocenters. The number of piperazine rings is 1. The average Bonchev–Trinajstić information content (AvgIpc) is 2.01. The van der Waals surface area contributed by atoms with Crippen molar-refractivity contribution in [1.82, 2.24) is 10.2 Å². The van der Waals surface area contributed by atoms with Crippen LogP contribution in [0.5, 0.6) is 0 Å². The van der Waals surface area contributed by atoms with Crippen molar-refractivity contribution in [3.8, 4) is 0 Å². The normalized spacial score (nSPS) is 18.4. The summed E-state index contributed by atoms with van der Waals surface area (Å²) in [6, 6.07) is 0. The Hall–Kier alpha value is -0.580. The number of hydrogen-bond acceptors (Lipinski definition) is 2. The van der Waals surface area contributed by atoms with Gasteiger partial charge < -0.3 is 10.2 Å². The molecule has 1 aliphatic heterocycles. The van der Waals surface area contributed by atoms with Crippen LogP contribution in [-0.4, -0.2) is 40.7 Å². The monoisotopic (exact) mass is 248 g/mol. The predicted octanol–water partition coefficient (Wildman–Crippen LogP) is 0.118. The molecule has 0 bridgehead atoms. The quantitative estimate of drug-likeness (QED) is 0.671. The average molecular weight is 249 g/mol.